The Morgan fingerprint density at radius 2 is 1.90 bits per heavy atom. The fourth-order valence-corrected chi connectivity index (χ4v) is 2.88. The number of ether oxygens (including phenoxy) is 2. The molecule has 4 nitrogen and oxygen atoms in total. The van der Waals surface area contributed by atoms with E-state index in [1.165, 1.54) is 11.3 Å². The zero-order valence-corrected chi connectivity index (χ0v) is 12.5. The number of rotatable bonds is 5. The number of methoxy groups -OCH3 is 2. The SMILES string of the molecule is CNCc1cc(OC)c(OC)cc1-c1ccc(C#N)s1. The average Bonchev–Trinajstić information content (AvgIpc) is 2.95. The molecular weight excluding hydrogens is 272 g/mol. The molecule has 1 aromatic heterocycles. The lowest BCUT2D eigenvalue weighted by atomic mass is 10.0. The van der Waals surface area contributed by atoms with Gasteiger partial charge in [0, 0.05) is 17.0 Å². The van der Waals surface area contributed by atoms with Gasteiger partial charge in [-0.15, -0.1) is 11.3 Å². The van der Waals surface area contributed by atoms with Crippen molar-refractivity contribution >= 4 is 11.3 Å². The first-order valence-electron chi connectivity index (χ1n) is 6.13. The second-order valence-corrected chi connectivity index (χ2v) is 5.25. The topological polar surface area (TPSA) is 54.3 Å². The van der Waals surface area contributed by atoms with Gasteiger partial charge in [-0.1, -0.05) is 0 Å². The molecule has 20 heavy (non-hydrogen) atoms. The number of nitrogens with one attached hydrogen (secondary N) is 1. The number of thiophene rings is 1. The Balaban J connectivity index is 2.57. The zero-order chi connectivity index (χ0) is 14.5. The highest BCUT2D eigenvalue weighted by molar-refractivity contribution is 7.16. The van der Waals surface area contributed by atoms with Crippen molar-refractivity contribution in [2.75, 3.05) is 21.3 Å². The van der Waals surface area contributed by atoms with Crippen LogP contribution in [0.4, 0.5) is 0 Å². The van der Waals surface area contributed by atoms with E-state index in [1.54, 1.807) is 14.2 Å². The molecule has 0 unspecified atom stereocenters. The van der Waals surface area contributed by atoms with E-state index in [2.05, 4.69) is 11.4 Å². The Kier molecular flexibility index (Phi) is 4.61. The second kappa shape index (κ2) is 6.42. The van der Waals surface area contributed by atoms with Gasteiger partial charge in [0.05, 0.1) is 14.2 Å². The van der Waals surface area contributed by atoms with Gasteiger partial charge in [-0.3, -0.25) is 0 Å². The van der Waals surface area contributed by atoms with Crippen LogP contribution in [0.5, 0.6) is 11.5 Å². The lowest BCUT2D eigenvalue weighted by Gasteiger charge is -2.14. The van der Waals surface area contributed by atoms with Gasteiger partial charge < -0.3 is 14.8 Å². The number of nitrogens with zero attached hydrogens (tertiary/aromatic N) is 1. The first-order chi connectivity index (χ1) is 9.73. The highest BCUT2D eigenvalue weighted by atomic mass is 32.1. The third-order valence-corrected chi connectivity index (χ3v) is 3.98. The minimum Gasteiger partial charge on any atom is -0.493 e. The van der Waals surface area contributed by atoms with Crippen LogP contribution in [0.2, 0.25) is 0 Å². The number of nitriles is 1. The smallest absolute Gasteiger partial charge is 0.161 e. The molecule has 0 aliphatic carbocycles. The van der Waals surface area contributed by atoms with Crippen molar-refractivity contribution in [1.82, 2.24) is 5.32 Å². The maximum absolute atomic E-state index is 8.96. The molecule has 0 atom stereocenters. The first kappa shape index (κ1) is 14.4. The van der Waals surface area contributed by atoms with E-state index < -0.39 is 0 Å². The summed E-state index contributed by atoms with van der Waals surface area (Å²) >= 11 is 1.47. The summed E-state index contributed by atoms with van der Waals surface area (Å²) in [6.07, 6.45) is 0. The van der Waals surface area contributed by atoms with Gasteiger partial charge in [-0.05, 0) is 36.9 Å². The molecule has 0 spiro atoms. The van der Waals surface area contributed by atoms with E-state index in [0.717, 1.165) is 22.5 Å². The molecule has 1 aromatic carbocycles. The van der Waals surface area contributed by atoms with E-state index in [1.807, 2.05) is 31.3 Å². The summed E-state index contributed by atoms with van der Waals surface area (Å²) in [5.74, 6) is 1.40. The maximum atomic E-state index is 8.96. The summed E-state index contributed by atoms with van der Waals surface area (Å²) in [6.45, 7) is 0.718. The Morgan fingerprint density at radius 3 is 2.45 bits per heavy atom. The molecule has 0 aliphatic rings. The minimum absolute atomic E-state index is 0.689. The van der Waals surface area contributed by atoms with Gasteiger partial charge in [0.15, 0.2) is 11.5 Å². The predicted molar refractivity (Wildman–Crippen MR) is 80.3 cm³/mol. The van der Waals surface area contributed by atoms with Crippen LogP contribution in [-0.4, -0.2) is 21.3 Å². The van der Waals surface area contributed by atoms with Crippen molar-refractivity contribution in [3.8, 4) is 28.0 Å². The monoisotopic (exact) mass is 288 g/mol. The van der Waals surface area contributed by atoms with E-state index in [0.29, 0.717) is 16.4 Å². The highest BCUT2D eigenvalue weighted by Gasteiger charge is 2.14. The Morgan fingerprint density at radius 1 is 1.20 bits per heavy atom. The molecule has 0 saturated carbocycles. The van der Waals surface area contributed by atoms with E-state index >= 15 is 0 Å². The van der Waals surface area contributed by atoms with Gasteiger partial charge in [0.25, 0.3) is 0 Å². The number of benzene rings is 1. The predicted octanol–water partition coefficient (Wildman–Crippen LogP) is 3.02. The average molecular weight is 288 g/mol. The van der Waals surface area contributed by atoms with Crippen molar-refractivity contribution in [3.63, 3.8) is 0 Å². The molecular formula is C15H16N2O2S. The molecule has 0 bridgehead atoms. The molecule has 1 heterocycles. The van der Waals surface area contributed by atoms with Crippen LogP contribution >= 0.6 is 11.3 Å². The second-order valence-electron chi connectivity index (χ2n) is 4.17. The molecule has 5 heteroatoms. The fourth-order valence-electron chi connectivity index (χ4n) is 2.03. The van der Waals surface area contributed by atoms with Crippen LogP contribution in [0.15, 0.2) is 24.3 Å². The zero-order valence-electron chi connectivity index (χ0n) is 11.7. The Labute approximate surface area is 122 Å². The van der Waals surface area contributed by atoms with Gasteiger partial charge >= 0.3 is 0 Å². The molecule has 104 valence electrons. The van der Waals surface area contributed by atoms with Gasteiger partial charge in [0.1, 0.15) is 10.9 Å². The van der Waals surface area contributed by atoms with Gasteiger partial charge in [-0.2, -0.15) is 5.26 Å². The van der Waals surface area contributed by atoms with Crippen LogP contribution in [0.1, 0.15) is 10.4 Å². The third-order valence-electron chi connectivity index (χ3n) is 2.96. The third kappa shape index (κ3) is 2.77. The molecule has 0 amide bonds. The number of hydrogen-bond donors (Lipinski definition) is 1. The van der Waals surface area contributed by atoms with E-state index in [9.17, 15) is 0 Å². The van der Waals surface area contributed by atoms with Crippen LogP contribution in [0, 0.1) is 11.3 Å². The fraction of sp³-hybridized carbons (Fsp3) is 0.267. The van der Waals surface area contributed by atoms with Gasteiger partial charge in [0.2, 0.25) is 0 Å². The van der Waals surface area contributed by atoms with Crippen molar-refractivity contribution in [3.05, 3.63) is 34.7 Å². The number of hydrogen-bond acceptors (Lipinski definition) is 5. The quantitative estimate of drug-likeness (QED) is 0.919. The van der Waals surface area contributed by atoms with Crippen molar-refractivity contribution in [2.45, 2.75) is 6.54 Å². The summed E-state index contributed by atoms with van der Waals surface area (Å²) in [5.41, 5.74) is 2.17. The van der Waals surface area contributed by atoms with E-state index in [-0.39, 0.29) is 0 Å². The molecule has 2 rings (SSSR count). The summed E-state index contributed by atoms with van der Waals surface area (Å²) in [6, 6.07) is 9.89. The molecule has 2 aromatic rings. The summed E-state index contributed by atoms with van der Waals surface area (Å²) in [7, 11) is 5.14. The molecule has 0 radical (unpaired) electrons. The largest absolute Gasteiger partial charge is 0.493 e. The lowest BCUT2D eigenvalue weighted by molar-refractivity contribution is 0.354. The van der Waals surface area contributed by atoms with Crippen LogP contribution < -0.4 is 14.8 Å². The molecule has 1 N–H and O–H groups in total. The van der Waals surface area contributed by atoms with Gasteiger partial charge in [-0.25, -0.2) is 0 Å². The minimum atomic E-state index is 0.689. The van der Waals surface area contributed by atoms with Crippen molar-refractivity contribution in [2.24, 2.45) is 0 Å². The normalized spacial score (nSPS) is 10.1. The van der Waals surface area contributed by atoms with Crippen LogP contribution in [0.25, 0.3) is 10.4 Å². The van der Waals surface area contributed by atoms with Crippen LogP contribution in [-0.2, 0) is 6.54 Å². The Bertz CT molecular complexity index is 644. The highest BCUT2D eigenvalue weighted by Crippen LogP contribution is 2.38. The van der Waals surface area contributed by atoms with E-state index in [4.69, 9.17) is 14.7 Å². The summed E-state index contributed by atoms with van der Waals surface area (Å²) < 4.78 is 10.7. The molecule has 0 fully saturated rings. The molecule has 0 aliphatic heterocycles. The summed E-state index contributed by atoms with van der Waals surface area (Å²) in [4.78, 5) is 1.75. The lowest BCUT2D eigenvalue weighted by Crippen LogP contribution is -2.07. The van der Waals surface area contributed by atoms with Crippen molar-refractivity contribution < 1.29 is 9.47 Å². The van der Waals surface area contributed by atoms with Crippen molar-refractivity contribution in [1.29, 1.82) is 5.26 Å². The maximum Gasteiger partial charge on any atom is 0.161 e. The first-order valence-corrected chi connectivity index (χ1v) is 6.95. The standard InChI is InChI=1S/C15H16N2O2S/c1-17-9-10-6-13(18-2)14(19-3)7-12(10)15-5-4-11(8-16)20-15/h4-7,17H,9H2,1-3H3. The Hall–Kier alpha value is -2.03. The summed E-state index contributed by atoms with van der Waals surface area (Å²) in [5, 5.41) is 12.1. The molecule has 0 saturated heterocycles. The van der Waals surface area contributed by atoms with Crippen LogP contribution in [0.3, 0.4) is 0 Å².